The second-order valence-corrected chi connectivity index (χ2v) is 1.70. The van der Waals surface area contributed by atoms with Crippen LogP contribution in [-0.4, -0.2) is 4.98 Å². The lowest BCUT2D eigenvalue weighted by molar-refractivity contribution is 0.508. The van der Waals surface area contributed by atoms with Gasteiger partial charge in [0.2, 0.25) is 0 Å². The third kappa shape index (κ3) is 1.29. The number of oxazole rings is 1. The molecule has 0 radical (unpaired) electrons. The van der Waals surface area contributed by atoms with Crippen molar-refractivity contribution in [3.05, 3.63) is 29.3 Å². The largest absolute Gasteiger partial charge is 0.442 e. The molecular weight excluding hydrogens is 116 g/mol. The van der Waals surface area contributed by atoms with E-state index >= 15 is 0 Å². The maximum atomic E-state index is 6.47. The molecule has 0 aromatic carbocycles. The van der Waals surface area contributed by atoms with Crippen LogP contribution in [0.1, 0.15) is 11.6 Å². The standard InChI is InChI=1S/C6H6N2O/c1-5-4-9-6(8-5)3-7-2/h4H,3H2,1H3. The molecule has 0 saturated carbocycles. The fourth-order valence-electron chi connectivity index (χ4n) is 0.543. The van der Waals surface area contributed by atoms with Gasteiger partial charge in [-0.25, -0.2) is 11.6 Å². The Morgan fingerprint density at radius 3 is 3.11 bits per heavy atom. The van der Waals surface area contributed by atoms with Gasteiger partial charge in [-0.05, 0) is 6.92 Å². The zero-order chi connectivity index (χ0) is 6.69. The van der Waals surface area contributed by atoms with Crippen molar-refractivity contribution in [3.8, 4) is 0 Å². The molecule has 0 atom stereocenters. The highest BCUT2D eigenvalue weighted by molar-refractivity contribution is 4.93. The van der Waals surface area contributed by atoms with Crippen LogP contribution >= 0.6 is 0 Å². The number of hydrogen-bond acceptors (Lipinski definition) is 2. The molecule has 0 saturated heterocycles. The van der Waals surface area contributed by atoms with Crippen LogP contribution in [0.3, 0.4) is 0 Å². The van der Waals surface area contributed by atoms with Gasteiger partial charge < -0.3 is 9.26 Å². The van der Waals surface area contributed by atoms with Gasteiger partial charge >= 0.3 is 0 Å². The van der Waals surface area contributed by atoms with E-state index in [1.165, 1.54) is 0 Å². The zero-order valence-electron chi connectivity index (χ0n) is 5.09. The van der Waals surface area contributed by atoms with Crippen LogP contribution in [-0.2, 0) is 6.54 Å². The quantitative estimate of drug-likeness (QED) is 0.527. The molecule has 0 N–H and O–H groups in total. The van der Waals surface area contributed by atoms with E-state index in [-0.39, 0.29) is 6.54 Å². The number of aryl methyl sites for hydroxylation is 1. The van der Waals surface area contributed by atoms with E-state index in [2.05, 4.69) is 9.83 Å². The molecule has 1 aromatic heterocycles. The topological polar surface area (TPSA) is 30.4 Å². The summed E-state index contributed by atoms with van der Waals surface area (Å²) in [5, 5.41) is 0. The molecule has 0 amide bonds. The smallest absolute Gasteiger partial charge is 0.289 e. The minimum absolute atomic E-state index is 0.244. The van der Waals surface area contributed by atoms with E-state index in [9.17, 15) is 0 Å². The summed E-state index contributed by atoms with van der Waals surface area (Å²) in [7, 11) is 0. The van der Waals surface area contributed by atoms with E-state index in [1.54, 1.807) is 6.26 Å². The van der Waals surface area contributed by atoms with Gasteiger partial charge in [-0.3, -0.25) is 0 Å². The summed E-state index contributed by atoms with van der Waals surface area (Å²) in [6, 6.07) is 0. The normalized spacial score (nSPS) is 8.89. The molecule has 0 bridgehead atoms. The maximum absolute atomic E-state index is 6.47. The third-order valence-corrected chi connectivity index (χ3v) is 0.881. The molecule has 0 aliphatic carbocycles. The fraction of sp³-hybridized carbons (Fsp3) is 0.333. The Morgan fingerprint density at radius 2 is 2.67 bits per heavy atom. The Labute approximate surface area is 53.1 Å². The first-order valence-corrected chi connectivity index (χ1v) is 2.57. The highest BCUT2D eigenvalue weighted by Crippen LogP contribution is 2.00. The van der Waals surface area contributed by atoms with E-state index in [1.807, 2.05) is 6.92 Å². The van der Waals surface area contributed by atoms with Crippen LogP contribution in [0.15, 0.2) is 10.7 Å². The summed E-state index contributed by atoms with van der Waals surface area (Å²) < 4.78 is 4.88. The lowest BCUT2D eigenvalue weighted by atomic mass is 10.6. The molecule has 1 aromatic rings. The Balaban J connectivity index is 2.76. The molecule has 0 unspecified atom stereocenters. The number of rotatable bonds is 1. The van der Waals surface area contributed by atoms with Crippen LogP contribution in [0.5, 0.6) is 0 Å². The highest BCUT2D eigenvalue weighted by atomic mass is 16.3. The van der Waals surface area contributed by atoms with Crippen molar-refractivity contribution < 1.29 is 4.42 Å². The lowest BCUT2D eigenvalue weighted by Gasteiger charge is -1.74. The van der Waals surface area contributed by atoms with Crippen LogP contribution in [0.2, 0.25) is 0 Å². The Hall–Kier alpha value is -1.30. The molecule has 0 aliphatic heterocycles. The Kier molecular flexibility index (Phi) is 1.50. The summed E-state index contributed by atoms with van der Waals surface area (Å²) in [5.74, 6) is 0.502. The molecule has 46 valence electrons. The van der Waals surface area contributed by atoms with Gasteiger partial charge in [0.05, 0.1) is 5.69 Å². The van der Waals surface area contributed by atoms with Crippen molar-refractivity contribution in [2.75, 3.05) is 0 Å². The molecule has 0 spiro atoms. The number of aromatic nitrogens is 1. The van der Waals surface area contributed by atoms with E-state index in [0.717, 1.165) is 5.69 Å². The summed E-state index contributed by atoms with van der Waals surface area (Å²) in [6.07, 6.45) is 1.54. The summed E-state index contributed by atoms with van der Waals surface area (Å²) in [6.45, 7) is 8.55. The van der Waals surface area contributed by atoms with Crippen LogP contribution < -0.4 is 0 Å². The molecule has 3 heteroatoms. The van der Waals surface area contributed by atoms with Crippen molar-refractivity contribution in [2.45, 2.75) is 13.5 Å². The minimum atomic E-state index is 0.244. The van der Waals surface area contributed by atoms with Crippen molar-refractivity contribution in [3.63, 3.8) is 0 Å². The van der Waals surface area contributed by atoms with Gasteiger partial charge in [0, 0.05) is 0 Å². The minimum Gasteiger partial charge on any atom is -0.442 e. The van der Waals surface area contributed by atoms with Crippen LogP contribution in [0.25, 0.3) is 4.85 Å². The lowest BCUT2D eigenvalue weighted by Crippen LogP contribution is -1.76. The third-order valence-electron chi connectivity index (χ3n) is 0.881. The molecule has 3 nitrogen and oxygen atoms in total. The van der Waals surface area contributed by atoms with E-state index in [4.69, 9.17) is 11.0 Å². The van der Waals surface area contributed by atoms with Gasteiger partial charge in [-0.15, -0.1) is 0 Å². The first-order valence-electron chi connectivity index (χ1n) is 2.57. The summed E-state index contributed by atoms with van der Waals surface area (Å²) >= 11 is 0. The average Bonchev–Trinajstić information content (AvgIpc) is 2.17. The maximum Gasteiger partial charge on any atom is 0.289 e. The van der Waals surface area contributed by atoms with Gasteiger partial charge in [-0.1, -0.05) is 0 Å². The molecule has 1 heterocycles. The molecule has 1 rings (SSSR count). The van der Waals surface area contributed by atoms with E-state index in [0.29, 0.717) is 5.89 Å². The van der Waals surface area contributed by atoms with E-state index < -0.39 is 0 Å². The van der Waals surface area contributed by atoms with Crippen molar-refractivity contribution in [2.24, 2.45) is 0 Å². The molecular formula is C6H6N2O. The second-order valence-electron chi connectivity index (χ2n) is 1.70. The molecule has 9 heavy (non-hydrogen) atoms. The summed E-state index contributed by atoms with van der Waals surface area (Å²) in [4.78, 5) is 7.03. The van der Waals surface area contributed by atoms with Crippen molar-refractivity contribution >= 4 is 0 Å². The number of hydrogen-bond donors (Lipinski definition) is 0. The van der Waals surface area contributed by atoms with Crippen LogP contribution in [0.4, 0.5) is 0 Å². The molecule has 0 aliphatic rings. The van der Waals surface area contributed by atoms with Gasteiger partial charge in [0.15, 0.2) is 0 Å². The average molecular weight is 122 g/mol. The Morgan fingerprint density at radius 1 is 1.89 bits per heavy atom. The van der Waals surface area contributed by atoms with Crippen molar-refractivity contribution in [1.82, 2.24) is 4.98 Å². The highest BCUT2D eigenvalue weighted by Gasteiger charge is 1.99. The van der Waals surface area contributed by atoms with Crippen LogP contribution in [0, 0.1) is 13.5 Å². The molecule has 0 fully saturated rings. The first kappa shape index (κ1) is 5.83. The van der Waals surface area contributed by atoms with Gasteiger partial charge in [-0.2, -0.15) is 0 Å². The second kappa shape index (κ2) is 2.31. The monoisotopic (exact) mass is 122 g/mol. The zero-order valence-corrected chi connectivity index (χ0v) is 5.09. The predicted molar refractivity (Wildman–Crippen MR) is 31.5 cm³/mol. The predicted octanol–water partition coefficient (Wildman–Crippen LogP) is 1.40. The van der Waals surface area contributed by atoms with Gasteiger partial charge in [0.25, 0.3) is 12.4 Å². The fourth-order valence-corrected chi connectivity index (χ4v) is 0.543. The summed E-state index contributed by atoms with van der Waals surface area (Å²) in [5.41, 5.74) is 0.827. The first-order chi connectivity index (χ1) is 4.33. The van der Waals surface area contributed by atoms with Gasteiger partial charge in [0.1, 0.15) is 6.26 Å². The van der Waals surface area contributed by atoms with Crippen molar-refractivity contribution in [1.29, 1.82) is 0 Å². The Bertz CT molecular complexity index is 233. The number of nitrogens with zero attached hydrogens (tertiary/aromatic N) is 2. The SMILES string of the molecule is [C-]#[N+]Cc1nc(C)co1.